The number of rotatable bonds is 5. The van der Waals surface area contributed by atoms with E-state index < -0.39 is 11.7 Å². The lowest BCUT2D eigenvalue weighted by molar-refractivity contribution is -0.137. The Hall–Kier alpha value is -2.69. The Morgan fingerprint density at radius 2 is 1.87 bits per heavy atom. The van der Waals surface area contributed by atoms with E-state index in [1.54, 1.807) is 9.47 Å². The molecule has 162 valence electrons. The fraction of sp³-hybridized carbons (Fsp3) is 0.474. The number of carbonyl (C=O) groups is 2. The van der Waals surface area contributed by atoms with E-state index >= 15 is 0 Å². The van der Waals surface area contributed by atoms with Gasteiger partial charge < -0.3 is 14.8 Å². The summed E-state index contributed by atoms with van der Waals surface area (Å²) in [5.74, 6) is -0.0429. The summed E-state index contributed by atoms with van der Waals surface area (Å²) < 4.78 is 40.3. The van der Waals surface area contributed by atoms with Gasteiger partial charge in [-0.05, 0) is 56.2 Å². The highest BCUT2D eigenvalue weighted by Crippen LogP contribution is 2.29. The van der Waals surface area contributed by atoms with Crippen molar-refractivity contribution in [2.24, 2.45) is 5.92 Å². The summed E-state index contributed by atoms with van der Waals surface area (Å²) in [4.78, 5) is 26.6. The third-order valence-corrected chi connectivity index (χ3v) is 5.50. The first kappa shape index (κ1) is 22.0. The predicted molar refractivity (Wildman–Crippen MR) is 105 cm³/mol. The van der Waals surface area contributed by atoms with E-state index in [1.807, 2.05) is 6.92 Å². The highest BCUT2D eigenvalue weighted by Gasteiger charge is 2.31. The van der Waals surface area contributed by atoms with E-state index in [9.17, 15) is 22.8 Å². The number of likely N-dealkylation sites (tertiary alicyclic amines) is 1. The third-order valence-electron chi connectivity index (χ3n) is 5.19. The van der Waals surface area contributed by atoms with Crippen LogP contribution in [0.3, 0.4) is 0 Å². The third kappa shape index (κ3) is 4.89. The summed E-state index contributed by atoms with van der Waals surface area (Å²) in [5, 5.41) is 9.65. The molecule has 1 aliphatic heterocycles. The SMILES string of the molecule is CCn1c(CNC(=O)C2CCN(C(=O)c3ccc(C(F)(F)F)cc3)CC2)n[nH]c1=S. The van der Waals surface area contributed by atoms with Crippen molar-refractivity contribution in [2.45, 2.75) is 39.0 Å². The zero-order chi connectivity index (χ0) is 21.9. The van der Waals surface area contributed by atoms with Gasteiger partial charge in [0, 0.05) is 31.1 Å². The lowest BCUT2D eigenvalue weighted by atomic mass is 9.95. The molecule has 0 radical (unpaired) electrons. The minimum absolute atomic E-state index is 0.117. The van der Waals surface area contributed by atoms with Crippen LogP contribution in [0.2, 0.25) is 0 Å². The van der Waals surface area contributed by atoms with E-state index in [4.69, 9.17) is 12.2 Å². The number of aromatic amines is 1. The first-order valence-corrected chi connectivity index (χ1v) is 10.00. The second-order valence-corrected chi connectivity index (χ2v) is 7.44. The largest absolute Gasteiger partial charge is 0.416 e. The predicted octanol–water partition coefficient (Wildman–Crippen LogP) is 3.15. The topological polar surface area (TPSA) is 83.0 Å². The molecule has 2 N–H and O–H groups in total. The van der Waals surface area contributed by atoms with Crippen LogP contribution in [0.15, 0.2) is 24.3 Å². The molecule has 0 saturated carbocycles. The molecule has 0 atom stereocenters. The minimum atomic E-state index is -4.44. The van der Waals surface area contributed by atoms with Gasteiger partial charge in [0.1, 0.15) is 0 Å². The second-order valence-electron chi connectivity index (χ2n) is 7.05. The molecular formula is C19H22F3N5O2S. The molecule has 2 amide bonds. The Kier molecular flexibility index (Phi) is 6.59. The summed E-state index contributed by atoms with van der Waals surface area (Å²) in [6, 6.07) is 4.17. The molecule has 11 heteroatoms. The van der Waals surface area contributed by atoms with Crippen molar-refractivity contribution in [2.75, 3.05) is 13.1 Å². The summed E-state index contributed by atoms with van der Waals surface area (Å²) in [6.45, 7) is 3.56. The Balaban J connectivity index is 1.52. The number of amides is 2. The van der Waals surface area contributed by atoms with Crippen LogP contribution in [-0.2, 0) is 24.1 Å². The number of piperidine rings is 1. The van der Waals surface area contributed by atoms with Gasteiger partial charge in [-0.2, -0.15) is 18.3 Å². The van der Waals surface area contributed by atoms with Crippen molar-refractivity contribution in [3.8, 4) is 0 Å². The van der Waals surface area contributed by atoms with Crippen molar-refractivity contribution >= 4 is 24.0 Å². The van der Waals surface area contributed by atoms with Gasteiger partial charge in [-0.1, -0.05) is 0 Å². The molecule has 0 bridgehead atoms. The van der Waals surface area contributed by atoms with Crippen molar-refractivity contribution in [1.82, 2.24) is 25.0 Å². The molecule has 1 aromatic carbocycles. The average Bonchev–Trinajstić information content (AvgIpc) is 3.10. The lowest BCUT2D eigenvalue weighted by Crippen LogP contribution is -2.43. The Morgan fingerprint density at radius 1 is 1.23 bits per heavy atom. The molecule has 2 aromatic rings. The van der Waals surface area contributed by atoms with Crippen molar-refractivity contribution in [1.29, 1.82) is 0 Å². The number of H-pyrrole nitrogens is 1. The van der Waals surface area contributed by atoms with Crippen LogP contribution in [0.4, 0.5) is 13.2 Å². The minimum Gasteiger partial charge on any atom is -0.349 e. The van der Waals surface area contributed by atoms with Gasteiger partial charge in [-0.25, -0.2) is 0 Å². The molecule has 0 spiro atoms. The number of carbonyl (C=O) groups excluding carboxylic acids is 2. The van der Waals surface area contributed by atoms with Gasteiger partial charge >= 0.3 is 6.18 Å². The molecule has 1 saturated heterocycles. The Bertz CT molecular complexity index is 960. The first-order valence-electron chi connectivity index (χ1n) is 9.59. The van der Waals surface area contributed by atoms with Crippen LogP contribution in [0.25, 0.3) is 0 Å². The molecule has 7 nitrogen and oxygen atoms in total. The van der Waals surface area contributed by atoms with E-state index in [0.717, 1.165) is 12.1 Å². The van der Waals surface area contributed by atoms with Crippen molar-refractivity contribution < 1.29 is 22.8 Å². The maximum Gasteiger partial charge on any atom is 0.416 e. The highest BCUT2D eigenvalue weighted by molar-refractivity contribution is 7.71. The smallest absolute Gasteiger partial charge is 0.349 e. The van der Waals surface area contributed by atoms with Gasteiger partial charge in [0.15, 0.2) is 10.6 Å². The number of halogens is 3. The van der Waals surface area contributed by atoms with E-state index in [-0.39, 0.29) is 29.8 Å². The fourth-order valence-electron chi connectivity index (χ4n) is 3.45. The van der Waals surface area contributed by atoms with Crippen LogP contribution in [-0.4, -0.2) is 44.6 Å². The van der Waals surface area contributed by atoms with Crippen LogP contribution in [0, 0.1) is 10.7 Å². The normalized spacial score (nSPS) is 15.3. The molecule has 3 rings (SSSR count). The number of hydrogen-bond acceptors (Lipinski definition) is 4. The Labute approximate surface area is 176 Å². The molecule has 0 unspecified atom stereocenters. The standard InChI is InChI=1S/C19H22F3N5O2S/c1-2-27-15(24-25-18(27)30)11-23-16(28)12-7-9-26(10-8-12)17(29)13-3-5-14(6-4-13)19(20,21)22/h3-6,12H,2,7-11H2,1H3,(H,23,28)(H,25,30). The molecule has 2 heterocycles. The molecule has 0 aliphatic carbocycles. The number of benzene rings is 1. The quantitative estimate of drug-likeness (QED) is 0.699. The molecule has 30 heavy (non-hydrogen) atoms. The van der Waals surface area contributed by atoms with Gasteiger partial charge in [0.05, 0.1) is 12.1 Å². The monoisotopic (exact) mass is 441 g/mol. The zero-order valence-electron chi connectivity index (χ0n) is 16.3. The fourth-order valence-corrected chi connectivity index (χ4v) is 3.73. The van der Waals surface area contributed by atoms with Gasteiger partial charge in [-0.3, -0.25) is 14.7 Å². The van der Waals surface area contributed by atoms with Crippen molar-refractivity contribution in [3.05, 3.63) is 46.0 Å². The maximum atomic E-state index is 12.7. The highest BCUT2D eigenvalue weighted by atomic mass is 32.1. The number of nitrogens with zero attached hydrogens (tertiary/aromatic N) is 3. The first-order chi connectivity index (χ1) is 14.2. The summed E-state index contributed by atoms with van der Waals surface area (Å²) in [7, 11) is 0. The van der Waals surface area contributed by atoms with Crippen LogP contribution in [0.5, 0.6) is 0 Å². The summed E-state index contributed by atoms with van der Waals surface area (Å²) >= 11 is 5.12. The van der Waals surface area contributed by atoms with E-state index in [0.29, 0.717) is 43.1 Å². The maximum absolute atomic E-state index is 12.7. The van der Waals surface area contributed by atoms with E-state index in [2.05, 4.69) is 15.5 Å². The summed E-state index contributed by atoms with van der Waals surface area (Å²) in [5.41, 5.74) is -0.591. The number of hydrogen-bond donors (Lipinski definition) is 2. The zero-order valence-corrected chi connectivity index (χ0v) is 17.1. The molecule has 1 aromatic heterocycles. The van der Waals surface area contributed by atoms with Crippen molar-refractivity contribution in [3.63, 3.8) is 0 Å². The van der Waals surface area contributed by atoms with Gasteiger partial charge in [-0.15, -0.1) is 0 Å². The summed E-state index contributed by atoms with van der Waals surface area (Å²) in [6.07, 6.45) is -3.47. The molecule has 1 fully saturated rings. The van der Waals surface area contributed by atoms with Gasteiger partial charge in [0.25, 0.3) is 5.91 Å². The molecular weight excluding hydrogens is 419 g/mol. The Morgan fingerprint density at radius 3 is 2.43 bits per heavy atom. The number of nitrogens with one attached hydrogen (secondary N) is 2. The second kappa shape index (κ2) is 8.99. The molecule has 1 aliphatic rings. The lowest BCUT2D eigenvalue weighted by Gasteiger charge is -2.31. The average molecular weight is 441 g/mol. The van der Waals surface area contributed by atoms with Crippen LogP contribution >= 0.6 is 12.2 Å². The van der Waals surface area contributed by atoms with E-state index in [1.165, 1.54) is 12.1 Å². The number of alkyl halides is 3. The van der Waals surface area contributed by atoms with Crippen LogP contribution in [0.1, 0.15) is 41.5 Å². The van der Waals surface area contributed by atoms with Gasteiger partial charge in [0.2, 0.25) is 5.91 Å². The van der Waals surface area contributed by atoms with Crippen LogP contribution < -0.4 is 5.32 Å². The number of aromatic nitrogens is 3.